The molecule has 0 radical (unpaired) electrons. The van der Waals surface area contributed by atoms with Crippen molar-refractivity contribution in [2.75, 3.05) is 6.61 Å². The molecule has 1 aromatic carbocycles. The van der Waals surface area contributed by atoms with Crippen molar-refractivity contribution >= 4 is 5.97 Å². The number of nitrogens with zero attached hydrogens (tertiary/aromatic N) is 1. The van der Waals surface area contributed by atoms with Crippen molar-refractivity contribution in [2.24, 2.45) is 0 Å². The zero-order chi connectivity index (χ0) is 15.9. The second-order valence-electron chi connectivity index (χ2n) is 5.11. The number of aryl methyl sites for hydroxylation is 2. The third-order valence-electron chi connectivity index (χ3n) is 3.39. The van der Waals surface area contributed by atoms with Gasteiger partial charge < -0.3 is 14.0 Å². The molecule has 118 valence electrons. The van der Waals surface area contributed by atoms with Gasteiger partial charge in [0.15, 0.2) is 0 Å². The van der Waals surface area contributed by atoms with Crippen molar-refractivity contribution in [3.05, 3.63) is 46.8 Å². The average Bonchev–Trinajstić information content (AvgIpc) is 2.84. The number of carbonyl (C=O) groups excluding carboxylic acids is 1. The highest BCUT2D eigenvalue weighted by molar-refractivity contribution is 5.89. The second-order valence-corrected chi connectivity index (χ2v) is 5.11. The zero-order valence-corrected chi connectivity index (χ0v) is 13.2. The molecule has 1 heterocycles. The number of rotatable bonds is 7. The van der Waals surface area contributed by atoms with Crippen LogP contribution in [-0.4, -0.2) is 17.7 Å². The normalized spacial score (nSPS) is 10.5. The maximum atomic E-state index is 12.0. The van der Waals surface area contributed by atoms with Crippen molar-refractivity contribution in [3.8, 4) is 5.75 Å². The minimum atomic E-state index is -0.375. The molecule has 5 heteroatoms. The molecular weight excluding hydrogens is 282 g/mol. The van der Waals surface area contributed by atoms with Crippen LogP contribution >= 0.6 is 0 Å². The molecule has 0 unspecified atom stereocenters. The summed E-state index contributed by atoms with van der Waals surface area (Å²) >= 11 is 0. The molecule has 2 rings (SSSR count). The van der Waals surface area contributed by atoms with E-state index in [0.717, 1.165) is 29.8 Å². The van der Waals surface area contributed by atoms with Gasteiger partial charge in [-0.15, -0.1) is 0 Å². The standard InChI is InChI=1S/C17H21NO4/c1-4-5-10-20-15-8-6-14(7-9-15)17(19)21-11-16-12(2)18-22-13(16)3/h6-9H,4-5,10-11H2,1-3H3. The van der Waals surface area contributed by atoms with Crippen molar-refractivity contribution in [1.29, 1.82) is 0 Å². The summed E-state index contributed by atoms with van der Waals surface area (Å²) in [4.78, 5) is 12.0. The Bertz CT molecular complexity index is 597. The van der Waals surface area contributed by atoms with Crippen LogP contribution in [0.15, 0.2) is 28.8 Å². The molecule has 0 saturated heterocycles. The predicted molar refractivity (Wildman–Crippen MR) is 81.9 cm³/mol. The van der Waals surface area contributed by atoms with Crippen LogP contribution in [0.3, 0.4) is 0 Å². The molecule has 0 atom stereocenters. The van der Waals surface area contributed by atoms with Crippen LogP contribution in [0, 0.1) is 13.8 Å². The third kappa shape index (κ3) is 4.10. The summed E-state index contributed by atoms with van der Waals surface area (Å²) in [6.07, 6.45) is 2.10. The number of hydrogen-bond acceptors (Lipinski definition) is 5. The molecule has 0 spiro atoms. The van der Waals surface area contributed by atoms with Crippen LogP contribution in [0.25, 0.3) is 0 Å². The van der Waals surface area contributed by atoms with Crippen LogP contribution in [0.2, 0.25) is 0 Å². The Hall–Kier alpha value is -2.30. The number of aromatic nitrogens is 1. The lowest BCUT2D eigenvalue weighted by Crippen LogP contribution is -2.06. The molecule has 0 saturated carbocycles. The number of ether oxygens (including phenoxy) is 2. The Morgan fingerprint density at radius 1 is 1.23 bits per heavy atom. The van der Waals surface area contributed by atoms with E-state index in [-0.39, 0.29) is 12.6 Å². The Kier molecular flexibility index (Phi) is 5.58. The fraction of sp³-hybridized carbons (Fsp3) is 0.412. The van der Waals surface area contributed by atoms with Crippen LogP contribution in [0.1, 0.15) is 47.1 Å². The van der Waals surface area contributed by atoms with E-state index in [1.807, 2.05) is 6.92 Å². The summed E-state index contributed by atoms with van der Waals surface area (Å²) in [5.41, 5.74) is 2.05. The SMILES string of the molecule is CCCCOc1ccc(C(=O)OCc2c(C)noc2C)cc1. The van der Waals surface area contributed by atoms with E-state index in [1.54, 1.807) is 31.2 Å². The summed E-state index contributed by atoms with van der Waals surface area (Å²) in [5.74, 6) is 1.06. The molecule has 0 bridgehead atoms. The maximum Gasteiger partial charge on any atom is 0.338 e. The number of unbranched alkanes of at least 4 members (excludes halogenated alkanes) is 1. The van der Waals surface area contributed by atoms with E-state index in [0.29, 0.717) is 17.9 Å². The van der Waals surface area contributed by atoms with Crippen LogP contribution in [-0.2, 0) is 11.3 Å². The highest BCUT2D eigenvalue weighted by atomic mass is 16.5. The third-order valence-corrected chi connectivity index (χ3v) is 3.39. The lowest BCUT2D eigenvalue weighted by Gasteiger charge is -2.07. The van der Waals surface area contributed by atoms with Crippen molar-refractivity contribution < 1.29 is 18.8 Å². The first-order valence-corrected chi connectivity index (χ1v) is 7.43. The van der Waals surface area contributed by atoms with Gasteiger partial charge in [-0.3, -0.25) is 0 Å². The molecule has 0 aliphatic heterocycles. The maximum absolute atomic E-state index is 12.0. The van der Waals surface area contributed by atoms with Gasteiger partial charge >= 0.3 is 5.97 Å². The first-order valence-electron chi connectivity index (χ1n) is 7.43. The summed E-state index contributed by atoms with van der Waals surface area (Å²) in [6, 6.07) is 6.97. The van der Waals surface area contributed by atoms with E-state index < -0.39 is 0 Å². The highest BCUT2D eigenvalue weighted by Crippen LogP contribution is 2.16. The monoisotopic (exact) mass is 303 g/mol. The smallest absolute Gasteiger partial charge is 0.338 e. The largest absolute Gasteiger partial charge is 0.494 e. The number of esters is 1. The molecule has 22 heavy (non-hydrogen) atoms. The van der Waals surface area contributed by atoms with Gasteiger partial charge in [-0.05, 0) is 44.5 Å². The quantitative estimate of drug-likeness (QED) is 0.574. The molecule has 2 aromatic rings. The second kappa shape index (κ2) is 7.64. The van der Waals surface area contributed by atoms with E-state index in [1.165, 1.54) is 0 Å². The number of benzene rings is 1. The predicted octanol–water partition coefficient (Wildman–Crippen LogP) is 3.83. The Labute approximate surface area is 130 Å². The lowest BCUT2D eigenvalue weighted by molar-refractivity contribution is 0.0471. The van der Waals surface area contributed by atoms with Gasteiger partial charge in [0.2, 0.25) is 0 Å². The van der Waals surface area contributed by atoms with Gasteiger partial charge in [0.1, 0.15) is 18.1 Å². The number of hydrogen-bond donors (Lipinski definition) is 0. The van der Waals surface area contributed by atoms with Gasteiger partial charge in [-0.2, -0.15) is 0 Å². The first kappa shape index (κ1) is 16.1. The summed E-state index contributed by atoms with van der Waals surface area (Å²) in [5, 5.41) is 3.83. The molecule has 0 N–H and O–H groups in total. The fourth-order valence-corrected chi connectivity index (χ4v) is 1.95. The minimum Gasteiger partial charge on any atom is -0.494 e. The highest BCUT2D eigenvalue weighted by Gasteiger charge is 2.13. The van der Waals surface area contributed by atoms with Gasteiger partial charge in [-0.25, -0.2) is 4.79 Å². The van der Waals surface area contributed by atoms with Crippen LogP contribution in [0.4, 0.5) is 0 Å². The summed E-state index contributed by atoms with van der Waals surface area (Å²) in [7, 11) is 0. The molecule has 0 fully saturated rings. The number of carbonyl (C=O) groups is 1. The van der Waals surface area contributed by atoms with Crippen molar-refractivity contribution in [1.82, 2.24) is 5.16 Å². The van der Waals surface area contributed by atoms with Gasteiger partial charge in [0, 0.05) is 0 Å². The van der Waals surface area contributed by atoms with Gasteiger partial charge in [-0.1, -0.05) is 18.5 Å². The van der Waals surface area contributed by atoms with E-state index in [2.05, 4.69) is 12.1 Å². The molecule has 0 aliphatic carbocycles. The topological polar surface area (TPSA) is 61.6 Å². The Morgan fingerprint density at radius 3 is 2.55 bits per heavy atom. The van der Waals surface area contributed by atoms with Crippen molar-refractivity contribution in [2.45, 2.75) is 40.2 Å². The first-order chi connectivity index (χ1) is 10.6. The van der Waals surface area contributed by atoms with Crippen molar-refractivity contribution in [3.63, 3.8) is 0 Å². The van der Waals surface area contributed by atoms with E-state index in [9.17, 15) is 4.79 Å². The molecule has 0 aliphatic rings. The van der Waals surface area contributed by atoms with E-state index >= 15 is 0 Å². The fourth-order valence-electron chi connectivity index (χ4n) is 1.95. The Morgan fingerprint density at radius 2 is 1.95 bits per heavy atom. The van der Waals surface area contributed by atoms with Gasteiger partial charge in [0.05, 0.1) is 23.4 Å². The van der Waals surface area contributed by atoms with Gasteiger partial charge in [0.25, 0.3) is 0 Å². The molecule has 1 aromatic heterocycles. The van der Waals surface area contributed by atoms with Crippen LogP contribution < -0.4 is 4.74 Å². The minimum absolute atomic E-state index is 0.161. The Balaban J connectivity index is 1.90. The summed E-state index contributed by atoms with van der Waals surface area (Å²) < 4.78 is 15.9. The molecule has 0 amide bonds. The lowest BCUT2D eigenvalue weighted by atomic mass is 10.2. The average molecular weight is 303 g/mol. The zero-order valence-electron chi connectivity index (χ0n) is 13.2. The van der Waals surface area contributed by atoms with E-state index in [4.69, 9.17) is 14.0 Å². The summed E-state index contributed by atoms with van der Waals surface area (Å²) in [6.45, 7) is 6.58. The molecule has 5 nitrogen and oxygen atoms in total. The molecular formula is C17H21NO4. The van der Waals surface area contributed by atoms with Crippen LogP contribution in [0.5, 0.6) is 5.75 Å².